The summed E-state index contributed by atoms with van der Waals surface area (Å²) < 4.78 is 18.3. The first-order chi connectivity index (χ1) is 3.10. The molecule has 0 aliphatic carbocycles. The Morgan fingerprint density at radius 2 is 2.14 bits per heavy atom. The number of nitrogens with zero attached hydrogens (tertiary/aromatic N) is 2. The Bertz CT molecular complexity index is 141. The van der Waals surface area contributed by atoms with E-state index in [0.29, 0.717) is 0 Å². The van der Waals surface area contributed by atoms with Gasteiger partial charge in [0.2, 0.25) is 0 Å². The van der Waals surface area contributed by atoms with Crippen molar-refractivity contribution in [3.63, 3.8) is 0 Å². The standard InChI is InChI=1S/CH3N2O3P/c1-7(4)5-3(2)6-7/h1H3. The quantitative estimate of drug-likeness (QED) is 0.444. The molecule has 0 N–H and O–H groups in total. The van der Waals surface area contributed by atoms with Crippen LogP contribution in [-0.4, -0.2) is 11.7 Å². The van der Waals surface area contributed by atoms with Crippen molar-refractivity contribution in [3.05, 3.63) is 5.53 Å². The minimum absolute atomic E-state index is 0.0702. The Kier molecular flexibility index (Phi) is 0.642. The third kappa shape index (κ3) is 0.718. The normalized spacial score (nSPS) is 24.4. The Hall–Kier alpha value is -0.570. The molecule has 0 radical (unpaired) electrons. The molecule has 0 atom stereocenters. The molecule has 0 bridgehead atoms. The topological polar surface area (TPSA) is 60.8 Å². The van der Waals surface area contributed by atoms with Gasteiger partial charge in [0.05, 0.1) is 6.66 Å². The largest absolute Gasteiger partial charge is 0.554 e. The maximum absolute atomic E-state index is 10.2. The Morgan fingerprint density at radius 1 is 1.71 bits per heavy atom. The summed E-state index contributed by atoms with van der Waals surface area (Å²) >= 11 is 0. The zero-order chi connectivity index (χ0) is 5.49. The lowest BCUT2D eigenvalue weighted by Crippen LogP contribution is -2.17. The fourth-order valence-electron chi connectivity index (χ4n) is 0.260. The predicted octanol–water partition coefficient (Wildman–Crippen LogP) is 0.720. The zero-order valence-electron chi connectivity index (χ0n) is 3.57. The van der Waals surface area contributed by atoms with Crippen LogP contribution in [0.1, 0.15) is 0 Å². The molecule has 5 nitrogen and oxygen atoms in total. The molecule has 6 heteroatoms. The summed E-state index contributed by atoms with van der Waals surface area (Å²) in [6.45, 7) is 1.25. The third-order valence-corrected chi connectivity index (χ3v) is 1.31. The molecule has 0 aromatic heterocycles. The van der Waals surface area contributed by atoms with Crippen molar-refractivity contribution in [2.45, 2.75) is 0 Å². The minimum Gasteiger partial charge on any atom is -0.390 e. The molecule has 1 fully saturated rings. The van der Waals surface area contributed by atoms with Crippen molar-refractivity contribution in [2.24, 2.45) is 0 Å². The van der Waals surface area contributed by atoms with Crippen molar-refractivity contribution in [1.82, 2.24) is 0 Å². The summed E-state index contributed by atoms with van der Waals surface area (Å²) in [6.07, 6.45) is 0. The van der Waals surface area contributed by atoms with E-state index in [0.717, 1.165) is 0 Å². The van der Waals surface area contributed by atoms with Crippen LogP contribution in [0.4, 0.5) is 0 Å². The summed E-state index contributed by atoms with van der Waals surface area (Å²) in [5, 5.41) is 0.0702. The zero-order valence-corrected chi connectivity index (χ0v) is 4.46. The van der Waals surface area contributed by atoms with Crippen LogP contribution in [0.3, 0.4) is 0 Å². The van der Waals surface area contributed by atoms with Crippen molar-refractivity contribution >= 4 is 7.60 Å². The smallest absolute Gasteiger partial charge is 0.390 e. The van der Waals surface area contributed by atoms with Crippen molar-refractivity contribution in [3.8, 4) is 0 Å². The first-order valence-electron chi connectivity index (χ1n) is 1.56. The van der Waals surface area contributed by atoms with Gasteiger partial charge >= 0.3 is 7.60 Å². The summed E-state index contributed by atoms with van der Waals surface area (Å²) in [5.41, 5.74) is 8.00. The SMILES string of the molecule is CP1(=O)O[N+](=[N-])O1. The van der Waals surface area contributed by atoms with E-state index in [1.807, 2.05) is 0 Å². The van der Waals surface area contributed by atoms with Crippen LogP contribution in [0, 0.1) is 0 Å². The van der Waals surface area contributed by atoms with E-state index in [1.54, 1.807) is 0 Å². The van der Waals surface area contributed by atoms with E-state index < -0.39 is 7.60 Å². The molecule has 1 aliphatic rings. The summed E-state index contributed by atoms with van der Waals surface area (Å²) in [4.78, 5) is 0. The average Bonchev–Trinajstić information content (AvgIpc) is 1.27. The molecule has 0 saturated carbocycles. The highest BCUT2D eigenvalue weighted by atomic mass is 31.2. The van der Waals surface area contributed by atoms with Gasteiger partial charge < -0.3 is 5.53 Å². The molecule has 1 heterocycles. The first-order valence-corrected chi connectivity index (χ1v) is 3.55. The van der Waals surface area contributed by atoms with Gasteiger partial charge in [-0.3, -0.25) is 0 Å². The van der Waals surface area contributed by atoms with Crippen LogP contribution >= 0.6 is 7.60 Å². The van der Waals surface area contributed by atoms with Gasteiger partial charge in [-0.1, -0.05) is 0 Å². The molecule has 40 valence electrons. The lowest BCUT2D eigenvalue weighted by atomic mass is 12.0. The number of rotatable bonds is 0. The van der Waals surface area contributed by atoms with Gasteiger partial charge in [-0.15, -0.1) is 9.25 Å². The lowest BCUT2D eigenvalue weighted by molar-refractivity contribution is -0.974. The number of hydrogen-bond donors (Lipinski definition) is 0. The van der Waals surface area contributed by atoms with E-state index in [1.165, 1.54) is 6.66 Å². The Balaban J connectivity index is 2.60. The molecule has 1 rings (SSSR count). The molecule has 1 saturated heterocycles. The van der Waals surface area contributed by atoms with Crippen molar-refractivity contribution in [1.29, 1.82) is 0 Å². The maximum atomic E-state index is 10.2. The predicted molar refractivity (Wildman–Crippen MR) is 19.3 cm³/mol. The minimum atomic E-state index is -2.85. The molecule has 0 spiro atoms. The van der Waals surface area contributed by atoms with Crippen LogP contribution in [0.15, 0.2) is 0 Å². The molecule has 1 aliphatic heterocycles. The second-order valence-electron chi connectivity index (χ2n) is 1.17. The monoisotopic (exact) mass is 122 g/mol. The summed E-state index contributed by atoms with van der Waals surface area (Å²) in [7, 11) is -2.85. The fraction of sp³-hybridized carbons (Fsp3) is 1.00. The van der Waals surface area contributed by atoms with Gasteiger partial charge in [0.15, 0.2) is 0 Å². The lowest BCUT2D eigenvalue weighted by Gasteiger charge is -2.14. The van der Waals surface area contributed by atoms with Gasteiger partial charge in [0.25, 0.3) is 0 Å². The van der Waals surface area contributed by atoms with Crippen LogP contribution in [0.25, 0.3) is 5.53 Å². The average molecular weight is 122 g/mol. The van der Waals surface area contributed by atoms with Gasteiger partial charge in [0.1, 0.15) is 5.02 Å². The summed E-state index contributed by atoms with van der Waals surface area (Å²) in [6, 6.07) is 0. The Labute approximate surface area is 39.8 Å². The highest BCUT2D eigenvalue weighted by Gasteiger charge is 2.42. The van der Waals surface area contributed by atoms with E-state index in [9.17, 15) is 4.57 Å². The van der Waals surface area contributed by atoms with E-state index in [4.69, 9.17) is 5.53 Å². The van der Waals surface area contributed by atoms with Crippen LogP contribution in [0.2, 0.25) is 0 Å². The maximum Gasteiger partial charge on any atom is 0.554 e. The second-order valence-corrected chi connectivity index (χ2v) is 3.04. The molecule has 0 amide bonds. The van der Waals surface area contributed by atoms with Gasteiger partial charge in [-0.2, -0.15) is 0 Å². The van der Waals surface area contributed by atoms with E-state index in [2.05, 4.69) is 9.25 Å². The molecular formula is CH3N2O3P. The van der Waals surface area contributed by atoms with Gasteiger partial charge in [0, 0.05) is 0 Å². The molecule has 0 aromatic rings. The third-order valence-electron chi connectivity index (χ3n) is 0.436. The Morgan fingerprint density at radius 3 is 2.14 bits per heavy atom. The molecule has 0 unspecified atom stereocenters. The fourth-order valence-corrected chi connectivity index (χ4v) is 0.780. The van der Waals surface area contributed by atoms with Crippen LogP contribution in [-0.2, 0) is 13.8 Å². The molecule has 0 aromatic carbocycles. The van der Waals surface area contributed by atoms with E-state index in [-0.39, 0.29) is 5.02 Å². The highest BCUT2D eigenvalue weighted by molar-refractivity contribution is 7.53. The molecule has 7 heavy (non-hydrogen) atoms. The molecular weight excluding hydrogens is 119 g/mol. The number of hydrogen-bond acceptors (Lipinski definition) is 3. The van der Waals surface area contributed by atoms with Crippen molar-refractivity contribution in [2.75, 3.05) is 6.66 Å². The first kappa shape index (κ1) is 4.59. The van der Waals surface area contributed by atoms with Gasteiger partial charge in [-0.25, -0.2) is 4.57 Å². The highest BCUT2D eigenvalue weighted by Crippen LogP contribution is 2.52. The van der Waals surface area contributed by atoms with Gasteiger partial charge in [-0.05, 0) is 0 Å². The van der Waals surface area contributed by atoms with Crippen LogP contribution in [0.5, 0.6) is 0 Å². The van der Waals surface area contributed by atoms with Crippen molar-refractivity contribution < 1.29 is 18.8 Å². The van der Waals surface area contributed by atoms with Crippen LogP contribution < -0.4 is 0 Å². The second kappa shape index (κ2) is 0.980. The summed E-state index contributed by atoms with van der Waals surface area (Å²) in [5.74, 6) is 0. The van der Waals surface area contributed by atoms with E-state index >= 15 is 0 Å².